The van der Waals surface area contributed by atoms with E-state index in [1.807, 2.05) is 26.0 Å². The molecule has 2 heterocycles. The zero-order valence-electron chi connectivity index (χ0n) is 11.0. The standard InChI is InChI=1S/C14H11ClN4O/c1-8-12(7-16-9(2)17-8)14-18-13(19-20-14)10-4-3-5-11(15)6-10/h3-7H,1-2H3. The normalized spacial score (nSPS) is 10.8. The summed E-state index contributed by atoms with van der Waals surface area (Å²) in [6, 6.07) is 7.30. The van der Waals surface area contributed by atoms with Gasteiger partial charge in [0.15, 0.2) is 0 Å². The summed E-state index contributed by atoms with van der Waals surface area (Å²) in [6.07, 6.45) is 1.69. The molecule has 0 aliphatic heterocycles. The Morgan fingerprint density at radius 3 is 2.75 bits per heavy atom. The Hall–Kier alpha value is -2.27. The topological polar surface area (TPSA) is 64.7 Å². The van der Waals surface area contributed by atoms with Gasteiger partial charge in [0.05, 0.1) is 11.3 Å². The molecule has 2 aromatic heterocycles. The van der Waals surface area contributed by atoms with Crippen molar-refractivity contribution >= 4 is 11.6 Å². The predicted molar refractivity (Wildman–Crippen MR) is 75.2 cm³/mol. The second-order valence-corrected chi connectivity index (χ2v) is 4.79. The Balaban J connectivity index is 2.02. The van der Waals surface area contributed by atoms with E-state index in [0.717, 1.165) is 16.8 Å². The van der Waals surface area contributed by atoms with E-state index in [0.29, 0.717) is 22.6 Å². The zero-order chi connectivity index (χ0) is 14.1. The fourth-order valence-electron chi connectivity index (χ4n) is 1.87. The molecular formula is C14H11ClN4O. The number of rotatable bonds is 2. The van der Waals surface area contributed by atoms with Gasteiger partial charge < -0.3 is 4.52 Å². The molecule has 20 heavy (non-hydrogen) atoms. The molecule has 0 saturated heterocycles. The molecular weight excluding hydrogens is 276 g/mol. The van der Waals surface area contributed by atoms with Crippen LogP contribution in [0.25, 0.3) is 22.8 Å². The molecule has 5 nitrogen and oxygen atoms in total. The average Bonchev–Trinajstić information content (AvgIpc) is 2.88. The van der Waals surface area contributed by atoms with Crippen LogP contribution in [-0.2, 0) is 0 Å². The lowest BCUT2D eigenvalue weighted by atomic mass is 10.2. The lowest BCUT2D eigenvalue weighted by molar-refractivity contribution is 0.431. The first-order chi connectivity index (χ1) is 9.63. The SMILES string of the molecule is Cc1ncc(-c2nc(-c3cccc(Cl)c3)no2)c(C)n1. The van der Waals surface area contributed by atoms with Gasteiger partial charge in [0.25, 0.3) is 5.89 Å². The molecule has 0 radical (unpaired) electrons. The maximum absolute atomic E-state index is 5.96. The molecule has 0 spiro atoms. The van der Waals surface area contributed by atoms with Gasteiger partial charge in [0.1, 0.15) is 5.82 Å². The van der Waals surface area contributed by atoms with E-state index in [1.165, 1.54) is 0 Å². The molecule has 1 aromatic carbocycles. The molecule has 0 aliphatic rings. The molecule has 100 valence electrons. The first kappa shape index (κ1) is 12.7. The van der Waals surface area contributed by atoms with Crippen LogP contribution in [-0.4, -0.2) is 20.1 Å². The molecule has 3 aromatic rings. The first-order valence-electron chi connectivity index (χ1n) is 6.04. The second kappa shape index (κ2) is 5.02. The highest BCUT2D eigenvalue weighted by Crippen LogP contribution is 2.24. The van der Waals surface area contributed by atoms with Crippen LogP contribution in [0.15, 0.2) is 35.0 Å². The highest BCUT2D eigenvalue weighted by atomic mass is 35.5. The third-order valence-corrected chi connectivity index (χ3v) is 3.07. The quantitative estimate of drug-likeness (QED) is 0.722. The monoisotopic (exact) mass is 286 g/mol. The molecule has 0 N–H and O–H groups in total. The maximum Gasteiger partial charge on any atom is 0.261 e. The van der Waals surface area contributed by atoms with Crippen molar-refractivity contribution in [2.45, 2.75) is 13.8 Å². The average molecular weight is 287 g/mol. The molecule has 0 atom stereocenters. The van der Waals surface area contributed by atoms with Crippen molar-refractivity contribution in [3.05, 3.63) is 47.0 Å². The molecule has 0 saturated carbocycles. The van der Waals surface area contributed by atoms with Crippen molar-refractivity contribution in [3.63, 3.8) is 0 Å². The third kappa shape index (κ3) is 2.40. The molecule has 0 fully saturated rings. The lowest BCUT2D eigenvalue weighted by Gasteiger charge is -1.99. The van der Waals surface area contributed by atoms with Crippen LogP contribution in [0, 0.1) is 13.8 Å². The van der Waals surface area contributed by atoms with Gasteiger partial charge in [-0.05, 0) is 26.0 Å². The predicted octanol–water partition coefficient (Wildman–Crippen LogP) is 3.46. The summed E-state index contributed by atoms with van der Waals surface area (Å²) in [5.41, 5.74) is 2.34. The number of hydrogen-bond donors (Lipinski definition) is 0. The lowest BCUT2D eigenvalue weighted by Crippen LogP contribution is -1.94. The Bertz CT molecular complexity index is 769. The second-order valence-electron chi connectivity index (χ2n) is 4.35. The largest absolute Gasteiger partial charge is 0.333 e. The highest BCUT2D eigenvalue weighted by molar-refractivity contribution is 6.30. The van der Waals surface area contributed by atoms with Crippen molar-refractivity contribution in [1.82, 2.24) is 20.1 Å². The van der Waals surface area contributed by atoms with E-state index in [9.17, 15) is 0 Å². The van der Waals surface area contributed by atoms with Crippen molar-refractivity contribution in [2.75, 3.05) is 0 Å². The van der Waals surface area contributed by atoms with Gasteiger partial charge in [-0.25, -0.2) is 9.97 Å². The summed E-state index contributed by atoms with van der Waals surface area (Å²) in [4.78, 5) is 12.8. The Morgan fingerprint density at radius 1 is 1.15 bits per heavy atom. The van der Waals surface area contributed by atoms with Crippen LogP contribution in [0.1, 0.15) is 11.5 Å². The number of halogens is 1. The fourth-order valence-corrected chi connectivity index (χ4v) is 2.06. The molecule has 3 rings (SSSR count). The van der Waals surface area contributed by atoms with Gasteiger partial charge in [0, 0.05) is 16.8 Å². The number of aryl methyl sites for hydroxylation is 2. The number of nitrogens with zero attached hydrogens (tertiary/aromatic N) is 4. The summed E-state index contributed by atoms with van der Waals surface area (Å²) in [5, 5.41) is 4.60. The van der Waals surface area contributed by atoms with Gasteiger partial charge in [-0.3, -0.25) is 0 Å². The summed E-state index contributed by atoms with van der Waals surface area (Å²) >= 11 is 5.96. The van der Waals surface area contributed by atoms with Crippen molar-refractivity contribution in [1.29, 1.82) is 0 Å². The van der Waals surface area contributed by atoms with E-state index in [2.05, 4.69) is 20.1 Å². The van der Waals surface area contributed by atoms with Gasteiger partial charge in [-0.2, -0.15) is 4.98 Å². The zero-order valence-corrected chi connectivity index (χ0v) is 11.7. The van der Waals surface area contributed by atoms with Gasteiger partial charge in [-0.1, -0.05) is 28.9 Å². The van der Waals surface area contributed by atoms with Crippen LogP contribution < -0.4 is 0 Å². The number of aromatic nitrogens is 4. The first-order valence-corrected chi connectivity index (χ1v) is 6.41. The molecule has 6 heteroatoms. The smallest absolute Gasteiger partial charge is 0.261 e. The molecule has 0 unspecified atom stereocenters. The van der Waals surface area contributed by atoms with Crippen LogP contribution in [0.5, 0.6) is 0 Å². The number of hydrogen-bond acceptors (Lipinski definition) is 5. The third-order valence-electron chi connectivity index (χ3n) is 2.84. The van der Waals surface area contributed by atoms with E-state index in [1.54, 1.807) is 18.3 Å². The molecule has 0 amide bonds. The van der Waals surface area contributed by atoms with Gasteiger partial charge in [-0.15, -0.1) is 0 Å². The minimum Gasteiger partial charge on any atom is -0.333 e. The number of benzene rings is 1. The maximum atomic E-state index is 5.96. The van der Waals surface area contributed by atoms with Crippen LogP contribution in [0.2, 0.25) is 5.02 Å². The van der Waals surface area contributed by atoms with E-state index < -0.39 is 0 Å². The molecule has 0 aliphatic carbocycles. The van der Waals surface area contributed by atoms with Crippen molar-refractivity contribution in [2.24, 2.45) is 0 Å². The summed E-state index contributed by atoms with van der Waals surface area (Å²) < 4.78 is 5.28. The minimum absolute atomic E-state index is 0.400. The van der Waals surface area contributed by atoms with Gasteiger partial charge in [0.2, 0.25) is 5.82 Å². The van der Waals surface area contributed by atoms with E-state index in [4.69, 9.17) is 16.1 Å². The van der Waals surface area contributed by atoms with Gasteiger partial charge >= 0.3 is 0 Å². The van der Waals surface area contributed by atoms with E-state index in [-0.39, 0.29) is 0 Å². The van der Waals surface area contributed by atoms with Crippen LogP contribution >= 0.6 is 11.6 Å². The minimum atomic E-state index is 0.400. The summed E-state index contributed by atoms with van der Waals surface area (Å²) in [5.74, 6) is 1.60. The Labute approximate surface area is 120 Å². The Kier molecular flexibility index (Phi) is 3.20. The summed E-state index contributed by atoms with van der Waals surface area (Å²) in [7, 11) is 0. The highest BCUT2D eigenvalue weighted by Gasteiger charge is 2.14. The molecule has 0 bridgehead atoms. The van der Waals surface area contributed by atoms with Crippen molar-refractivity contribution < 1.29 is 4.52 Å². The van der Waals surface area contributed by atoms with Crippen molar-refractivity contribution in [3.8, 4) is 22.8 Å². The summed E-state index contributed by atoms with van der Waals surface area (Å²) in [6.45, 7) is 3.72. The van der Waals surface area contributed by atoms with Crippen LogP contribution in [0.4, 0.5) is 0 Å². The van der Waals surface area contributed by atoms with Crippen LogP contribution in [0.3, 0.4) is 0 Å². The fraction of sp³-hybridized carbons (Fsp3) is 0.143. The Morgan fingerprint density at radius 2 is 2.00 bits per heavy atom. The van der Waals surface area contributed by atoms with E-state index >= 15 is 0 Å².